The average Bonchev–Trinajstić information content (AvgIpc) is 3.17. The van der Waals surface area contributed by atoms with Crippen LogP contribution in [0.3, 0.4) is 0 Å². The van der Waals surface area contributed by atoms with Gasteiger partial charge in [-0.3, -0.25) is 4.79 Å². The zero-order chi connectivity index (χ0) is 15.5. The van der Waals surface area contributed by atoms with Crippen LogP contribution in [0.25, 0.3) is 0 Å². The van der Waals surface area contributed by atoms with Crippen LogP contribution in [0.4, 0.5) is 5.69 Å². The van der Waals surface area contributed by atoms with Crippen molar-refractivity contribution < 1.29 is 4.79 Å². The summed E-state index contributed by atoms with van der Waals surface area (Å²) in [6, 6.07) is 13.0. The standard InChI is InChI=1S/C18H22N2OS/c1-13(2)18(21)19-12-16(17-8-5-11-22-17)20-10-9-14-6-3-4-7-15(14)20/h3-8,11,13,16H,9-10,12H2,1-2H3,(H,19,21). The molecular formula is C18H22N2OS. The maximum absolute atomic E-state index is 12.0. The second-order valence-corrected chi connectivity index (χ2v) is 6.98. The first-order valence-electron chi connectivity index (χ1n) is 7.82. The monoisotopic (exact) mass is 314 g/mol. The topological polar surface area (TPSA) is 32.3 Å². The Bertz CT molecular complexity index is 636. The smallest absolute Gasteiger partial charge is 0.222 e. The van der Waals surface area contributed by atoms with Crippen LogP contribution < -0.4 is 10.2 Å². The molecule has 1 N–H and O–H groups in total. The first-order chi connectivity index (χ1) is 10.7. The van der Waals surface area contributed by atoms with Crippen LogP contribution in [0.15, 0.2) is 41.8 Å². The lowest BCUT2D eigenvalue weighted by Crippen LogP contribution is -2.38. The van der Waals surface area contributed by atoms with Gasteiger partial charge in [0.25, 0.3) is 0 Å². The van der Waals surface area contributed by atoms with Gasteiger partial charge in [0.2, 0.25) is 5.91 Å². The van der Waals surface area contributed by atoms with E-state index in [2.05, 4.69) is 52.0 Å². The van der Waals surface area contributed by atoms with E-state index in [1.165, 1.54) is 16.1 Å². The van der Waals surface area contributed by atoms with Crippen LogP contribution in [-0.2, 0) is 11.2 Å². The lowest BCUT2D eigenvalue weighted by Gasteiger charge is -2.30. The van der Waals surface area contributed by atoms with Gasteiger partial charge in [-0.05, 0) is 29.5 Å². The number of thiophene rings is 1. The summed E-state index contributed by atoms with van der Waals surface area (Å²) in [6.45, 7) is 5.53. The van der Waals surface area contributed by atoms with Crippen LogP contribution in [0.5, 0.6) is 0 Å². The fourth-order valence-electron chi connectivity index (χ4n) is 2.93. The molecule has 0 radical (unpaired) electrons. The molecule has 4 heteroatoms. The zero-order valence-electron chi connectivity index (χ0n) is 13.1. The molecule has 1 atom stereocenters. The number of hydrogen-bond acceptors (Lipinski definition) is 3. The van der Waals surface area contributed by atoms with Crippen molar-refractivity contribution in [1.82, 2.24) is 5.32 Å². The maximum atomic E-state index is 12.0. The average molecular weight is 314 g/mol. The molecule has 1 aromatic heterocycles. The molecule has 3 rings (SSSR count). The van der Waals surface area contributed by atoms with Gasteiger partial charge in [0.05, 0.1) is 6.04 Å². The minimum atomic E-state index is 0.0230. The van der Waals surface area contributed by atoms with E-state index in [1.54, 1.807) is 11.3 Å². The van der Waals surface area contributed by atoms with E-state index in [0.717, 1.165) is 13.0 Å². The van der Waals surface area contributed by atoms with Crippen molar-refractivity contribution in [2.45, 2.75) is 26.3 Å². The third-order valence-corrected chi connectivity index (χ3v) is 5.14. The molecule has 1 unspecified atom stereocenters. The number of benzene rings is 1. The molecule has 2 heterocycles. The van der Waals surface area contributed by atoms with E-state index in [4.69, 9.17) is 0 Å². The SMILES string of the molecule is CC(C)C(=O)NCC(c1cccs1)N1CCc2ccccc21. The Balaban J connectivity index is 1.83. The highest BCUT2D eigenvalue weighted by Gasteiger charge is 2.28. The Morgan fingerprint density at radius 3 is 2.82 bits per heavy atom. The third-order valence-electron chi connectivity index (χ3n) is 4.16. The molecular weight excluding hydrogens is 292 g/mol. The molecule has 1 amide bonds. The lowest BCUT2D eigenvalue weighted by molar-refractivity contribution is -0.124. The Hall–Kier alpha value is -1.81. The van der Waals surface area contributed by atoms with Gasteiger partial charge in [-0.1, -0.05) is 38.1 Å². The second kappa shape index (κ2) is 6.53. The molecule has 0 saturated carbocycles. The molecule has 2 aromatic rings. The molecule has 0 fully saturated rings. The second-order valence-electron chi connectivity index (χ2n) is 6.00. The van der Waals surface area contributed by atoms with Gasteiger partial charge in [-0.25, -0.2) is 0 Å². The van der Waals surface area contributed by atoms with Crippen LogP contribution in [0, 0.1) is 5.92 Å². The lowest BCUT2D eigenvalue weighted by atomic mass is 10.1. The van der Waals surface area contributed by atoms with Crippen molar-refractivity contribution in [1.29, 1.82) is 0 Å². The van der Waals surface area contributed by atoms with Crippen molar-refractivity contribution >= 4 is 22.9 Å². The third kappa shape index (κ3) is 3.02. The Labute approximate surface area is 136 Å². The predicted molar refractivity (Wildman–Crippen MR) is 92.4 cm³/mol. The molecule has 22 heavy (non-hydrogen) atoms. The molecule has 1 aliphatic rings. The number of rotatable bonds is 5. The van der Waals surface area contributed by atoms with Gasteiger partial charge in [-0.2, -0.15) is 0 Å². The minimum absolute atomic E-state index is 0.0230. The Morgan fingerprint density at radius 1 is 1.27 bits per heavy atom. The molecule has 0 spiro atoms. The number of hydrogen-bond donors (Lipinski definition) is 1. The number of anilines is 1. The van der Waals surface area contributed by atoms with Crippen LogP contribution in [0.1, 0.15) is 30.3 Å². The molecule has 1 aromatic carbocycles. The highest BCUT2D eigenvalue weighted by Crippen LogP contribution is 2.36. The Morgan fingerprint density at radius 2 is 2.09 bits per heavy atom. The normalized spacial score (nSPS) is 15.0. The molecule has 0 aliphatic carbocycles. The van der Waals surface area contributed by atoms with E-state index in [9.17, 15) is 4.79 Å². The van der Waals surface area contributed by atoms with E-state index < -0.39 is 0 Å². The van der Waals surface area contributed by atoms with Gasteiger partial charge in [0.1, 0.15) is 0 Å². The zero-order valence-corrected chi connectivity index (χ0v) is 13.9. The highest BCUT2D eigenvalue weighted by atomic mass is 32.1. The van der Waals surface area contributed by atoms with E-state index in [-0.39, 0.29) is 17.9 Å². The Kier molecular flexibility index (Phi) is 4.48. The number of fused-ring (bicyclic) bond motifs is 1. The maximum Gasteiger partial charge on any atom is 0.222 e. The number of carbonyl (C=O) groups is 1. The summed E-state index contributed by atoms with van der Waals surface area (Å²) in [5, 5.41) is 5.21. The van der Waals surface area contributed by atoms with Crippen molar-refractivity contribution in [2.75, 3.05) is 18.0 Å². The van der Waals surface area contributed by atoms with Crippen LogP contribution >= 0.6 is 11.3 Å². The summed E-state index contributed by atoms with van der Waals surface area (Å²) in [5.41, 5.74) is 2.71. The van der Waals surface area contributed by atoms with E-state index in [1.807, 2.05) is 13.8 Å². The molecule has 0 bridgehead atoms. The van der Waals surface area contributed by atoms with E-state index >= 15 is 0 Å². The fraction of sp³-hybridized carbons (Fsp3) is 0.389. The van der Waals surface area contributed by atoms with Crippen molar-refractivity contribution in [3.8, 4) is 0 Å². The summed E-state index contributed by atoms with van der Waals surface area (Å²) in [7, 11) is 0. The fourth-order valence-corrected chi connectivity index (χ4v) is 3.77. The summed E-state index contributed by atoms with van der Waals surface area (Å²) in [4.78, 5) is 15.7. The number of para-hydroxylation sites is 1. The van der Waals surface area contributed by atoms with Gasteiger partial charge in [-0.15, -0.1) is 11.3 Å². The van der Waals surface area contributed by atoms with Crippen LogP contribution in [-0.4, -0.2) is 19.0 Å². The summed E-state index contributed by atoms with van der Waals surface area (Å²) < 4.78 is 0. The van der Waals surface area contributed by atoms with Crippen molar-refractivity contribution in [2.24, 2.45) is 5.92 Å². The van der Waals surface area contributed by atoms with Gasteiger partial charge >= 0.3 is 0 Å². The molecule has 0 saturated heterocycles. The summed E-state index contributed by atoms with van der Waals surface area (Å²) in [6.07, 6.45) is 1.08. The number of amides is 1. The van der Waals surface area contributed by atoms with Crippen molar-refractivity contribution in [3.63, 3.8) is 0 Å². The summed E-state index contributed by atoms with van der Waals surface area (Å²) in [5.74, 6) is 0.142. The first kappa shape index (κ1) is 15.1. The highest BCUT2D eigenvalue weighted by molar-refractivity contribution is 7.10. The summed E-state index contributed by atoms with van der Waals surface area (Å²) >= 11 is 1.76. The quantitative estimate of drug-likeness (QED) is 0.914. The van der Waals surface area contributed by atoms with Gasteiger partial charge in [0.15, 0.2) is 0 Å². The first-order valence-corrected chi connectivity index (χ1v) is 8.70. The number of nitrogens with zero attached hydrogens (tertiary/aromatic N) is 1. The minimum Gasteiger partial charge on any atom is -0.361 e. The van der Waals surface area contributed by atoms with Crippen molar-refractivity contribution in [3.05, 3.63) is 52.2 Å². The predicted octanol–water partition coefficient (Wildman–Crippen LogP) is 3.62. The van der Waals surface area contributed by atoms with Gasteiger partial charge < -0.3 is 10.2 Å². The number of carbonyl (C=O) groups excluding carboxylic acids is 1. The largest absolute Gasteiger partial charge is 0.361 e. The van der Waals surface area contributed by atoms with E-state index in [0.29, 0.717) is 6.54 Å². The molecule has 116 valence electrons. The number of nitrogens with one attached hydrogen (secondary N) is 1. The van der Waals surface area contributed by atoms with Crippen LogP contribution in [0.2, 0.25) is 0 Å². The van der Waals surface area contributed by atoms with Gasteiger partial charge in [0, 0.05) is 29.6 Å². The molecule has 3 nitrogen and oxygen atoms in total. The molecule has 1 aliphatic heterocycles.